The highest BCUT2D eigenvalue weighted by atomic mass is 35.5. The molecule has 0 saturated carbocycles. The van der Waals surface area contributed by atoms with Crippen molar-refractivity contribution in [3.05, 3.63) is 67.2 Å². The predicted molar refractivity (Wildman–Crippen MR) is 86.7 cm³/mol. The predicted octanol–water partition coefficient (Wildman–Crippen LogP) is 3.27. The second-order valence-corrected chi connectivity index (χ2v) is 6.79. The van der Waals surface area contributed by atoms with Gasteiger partial charge in [-0.2, -0.15) is 0 Å². The quantitative estimate of drug-likeness (QED) is 0.633. The van der Waals surface area contributed by atoms with E-state index in [0.29, 0.717) is 0 Å². The van der Waals surface area contributed by atoms with Gasteiger partial charge in [0, 0.05) is 18.2 Å². The van der Waals surface area contributed by atoms with Gasteiger partial charge in [-0.15, -0.1) is 0 Å². The van der Waals surface area contributed by atoms with Crippen LogP contribution in [0.4, 0.5) is 17.1 Å². The van der Waals surface area contributed by atoms with E-state index in [1.807, 2.05) is 0 Å². The van der Waals surface area contributed by atoms with Crippen LogP contribution in [0, 0.1) is 27.2 Å². The summed E-state index contributed by atoms with van der Waals surface area (Å²) in [5.41, 5.74) is -0.649. The lowest BCUT2D eigenvalue weighted by molar-refractivity contribution is -0.385. The van der Waals surface area contributed by atoms with Crippen molar-refractivity contribution in [2.75, 3.05) is 4.72 Å². The highest BCUT2D eigenvalue weighted by molar-refractivity contribution is 7.92. The van der Waals surface area contributed by atoms with Crippen LogP contribution in [-0.4, -0.2) is 18.3 Å². The second kappa shape index (κ2) is 6.42. The van der Waals surface area contributed by atoms with E-state index in [1.165, 1.54) is 31.2 Å². The van der Waals surface area contributed by atoms with Gasteiger partial charge in [0.15, 0.2) is 0 Å². The molecule has 9 nitrogen and oxygen atoms in total. The number of nitro benzene ring substituents is 2. The third-order valence-corrected chi connectivity index (χ3v) is 4.91. The first-order valence-corrected chi connectivity index (χ1v) is 8.20. The molecular formula is C13H10ClN3O6S. The molecule has 0 heterocycles. The van der Waals surface area contributed by atoms with E-state index < -0.39 is 25.6 Å². The van der Waals surface area contributed by atoms with E-state index in [9.17, 15) is 28.6 Å². The highest BCUT2D eigenvalue weighted by Crippen LogP contribution is 2.29. The number of nitro groups is 2. The van der Waals surface area contributed by atoms with Gasteiger partial charge in [0.1, 0.15) is 5.02 Å². The molecule has 1 N–H and O–H groups in total. The number of sulfonamides is 1. The van der Waals surface area contributed by atoms with Gasteiger partial charge in [0.2, 0.25) is 0 Å². The van der Waals surface area contributed by atoms with Crippen molar-refractivity contribution >= 4 is 38.7 Å². The van der Waals surface area contributed by atoms with Crippen molar-refractivity contribution in [3.63, 3.8) is 0 Å². The van der Waals surface area contributed by atoms with Crippen molar-refractivity contribution < 1.29 is 18.3 Å². The fraction of sp³-hybridized carbons (Fsp3) is 0.0769. The van der Waals surface area contributed by atoms with E-state index >= 15 is 0 Å². The summed E-state index contributed by atoms with van der Waals surface area (Å²) in [6.45, 7) is 1.47. The van der Waals surface area contributed by atoms with E-state index in [2.05, 4.69) is 4.72 Å². The van der Waals surface area contributed by atoms with Crippen molar-refractivity contribution in [1.82, 2.24) is 0 Å². The minimum Gasteiger partial charge on any atom is -0.279 e. The van der Waals surface area contributed by atoms with Gasteiger partial charge in [0.05, 0.1) is 20.4 Å². The Morgan fingerprint density at radius 1 is 1.04 bits per heavy atom. The van der Waals surface area contributed by atoms with Crippen LogP contribution >= 0.6 is 11.6 Å². The van der Waals surface area contributed by atoms with E-state index in [4.69, 9.17) is 11.6 Å². The average molecular weight is 372 g/mol. The number of anilines is 1. The van der Waals surface area contributed by atoms with Gasteiger partial charge in [0.25, 0.3) is 21.4 Å². The number of aryl methyl sites for hydroxylation is 1. The lowest BCUT2D eigenvalue weighted by Crippen LogP contribution is -2.14. The zero-order valence-corrected chi connectivity index (χ0v) is 13.7. The van der Waals surface area contributed by atoms with E-state index in [-0.39, 0.29) is 26.9 Å². The fourth-order valence-corrected chi connectivity index (χ4v) is 3.42. The van der Waals surface area contributed by atoms with Crippen LogP contribution in [0.3, 0.4) is 0 Å². The Balaban J connectivity index is 2.46. The fourth-order valence-electron chi connectivity index (χ4n) is 1.92. The minimum atomic E-state index is -4.18. The Hall–Kier alpha value is -2.72. The van der Waals surface area contributed by atoms with Crippen molar-refractivity contribution in [1.29, 1.82) is 0 Å². The number of hydrogen-bond acceptors (Lipinski definition) is 6. The SMILES string of the molecule is Cc1ccc([N+](=O)[O-])cc1S(=O)(=O)Nc1ccc(Cl)c([N+](=O)[O-])c1. The third-order valence-electron chi connectivity index (χ3n) is 3.07. The van der Waals surface area contributed by atoms with Crippen LogP contribution in [0.25, 0.3) is 0 Å². The van der Waals surface area contributed by atoms with E-state index in [0.717, 1.165) is 12.1 Å². The Bertz CT molecular complexity index is 945. The number of hydrogen-bond donors (Lipinski definition) is 1. The first kappa shape index (κ1) is 17.6. The summed E-state index contributed by atoms with van der Waals surface area (Å²) in [5.74, 6) is 0. The molecule has 0 radical (unpaired) electrons. The van der Waals surface area contributed by atoms with Crippen LogP contribution < -0.4 is 4.72 Å². The summed E-state index contributed by atoms with van der Waals surface area (Å²) in [4.78, 5) is 19.9. The second-order valence-electron chi connectivity index (χ2n) is 4.74. The molecule has 0 atom stereocenters. The molecule has 0 unspecified atom stereocenters. The van der Waals surface area contributed by atoms with Crippen LogP contribution in [-0.2, 0) is 10.0 Å². The van der Waals surface area contributed by atoms with Gasteiger partial charge < -0.3 is 0 Å². The van der Waals surface area contributed by atoms with Crippen LogP contribution in [0.1, 0.15) is 5.56 Å². The molecule has 0 amide bonds. The zero-order chi connectivity index (χ0) is 18.1. The Kier molecular flexibility index (Phi) is 4.71. The molecule has 24 heavy (non-hydrogen) atoms. The molecule has 0 bridgehead atoms. The number of non-ortho nitro benzene ring substituents is 1. The van der Waals surface area contributed by atoms with Crippen LogP contribution in [0.2, 0.25) is 5.02 Å². The Morgan fingerprint density at radius 2 is 1.71 bits per heavy atom. The normalized spacial score (nSPS) is 11.1. The summed E-state index contributed by atoms with van der Waals surface area (Å²) in [6, 6.07) is 6.80. The van der Waals surface area contributed by atoms with Crippen molar-refractivity contribution in [3.8, 4) is 0 Å². The average Bonchev–Trinajstić information content (AvgIpc) is 2.48. The lowest BCUT2D eigenvalue weighted by atomic mass is 10.2. The highest BCUT2D eigenvalue weighted by Gasteiger charge is 2.22. The monoisotopic (exact) mass is 371 g/mol. The summed E-state index contributed by atoms with van der Waals surface area (Å²) in [6.07, 6.45) is 0. The molecule has 0 fully saturated rings. The van der Waals surface area contributed by atoms with Crippen molar-refractivity contribution in [2.24, 2.45) is 0 Å². The van der Waals surface area contributed by atoms with Crippen LogP contribution in [0.5, 0.6) is 0 Å². The largest absolute Gasteiger partial charge is 0.289 e. The number of halogens is 1. The molecule has 126 valence electrons. The molecule has 2 aromatic rings. The minimum absolute atomic E-state index is 0.0861. The number of benzene rings is 2. The third kappa shape index (κ3) is 3.60. The standard InChI is InChI=1S/C13H10ClN3O6S/c1-8-2-4-10(16(18)19)7-13(8)24(22,23)15-9-3-5-11(14)12(6-9)17(20)21/h2-7,15H,1H3. The van der Waals surface area contributed by atoms with E-state index in [1.54, 1.807) is 0 Å². The molecule has 0 aliphatic heterocycles. The van der Waals surface area contributed by atoms with Crippen LogP contribution in [0.15, 0.2) is 41.3 Å². The first-order chi connectivity index (χ1) is 11.1. The molecule has 11 heteroatoms. The molecule has 0 saturated heterocycles. The Morgan fingerprint density at radius 3 is 2.29 bits per heavy atom. The topological polar surface area (TPSA) is 132 Å². The maximum Gasteiger partial charge on any atom is 0.289 e. The summed E-state index contributed by atoms with van der Waals surface area (Å²) in [5, 5.41) is 21.5. The van der Waals surface area contributed by atoms with Crippen molar-refractivity contribution in [2.45, 2.75) is 11.8 Å². The molecule has 0 aromatic heterocycles. The zero-order valence-electron chi connectivity index (χ0n) is 12.1. The first-order valence-electron chi connectivity index (χ1n) is 6.33. The molecule has 2 rings (SSSR count). The molecule has 0 aliphatic rings. The molecule has 0 aliphatic carbocycles. The molecule has 2 aromatic carbocycles. The molecular weight excluding hydrogens is 362 g/mol. The number of nitrogens with one attached hydrogen (secondary N) is 1. The number of rotatable bonds is 5. The van der Waals surface area contributed by atoms with Gasteiger partial charge in [-0.3, -0.25) is 25.0 Å². The van der Waals surface area contributed by atoms with Gasteiger partial charge in [-0.1, -0.05) is 17.7 Å². The Labute approximate surface area is 141 Å². The summed E-state index contributed by atoms with van der Waals surface area (Å²) >= 11 is 5.67. The van der Waals surface area contributed by atoms with Gasteiger partial charge in [-0.25, -0.2) is 8.42 Å². The summed E-state index contributed by atoms with van der Waals surface area (Å²) < 4.78 is 27.0. The smallest absolute Gasteiger partial charge is 0.279 e. The maximum atomic E-state index is 12.4. The lowest BCUT2D eigenvalue weighted by Gasteiger charge is -2.10. The van der Waals surface area contributed by atoms with Gasteiger partial charge in [-0.05, 0) is 24.6 Å². The van der Waals surface area contributed by atoms with Gasteiger partial charge >= 0.3 is 0 Å². The maximum absolute atomic E-state index is 12.4. The summed E-state index contributed by atoms with van der Waals surface area (Å²) in [7, 11) is -4.18. The molecule has 0 spiro atoms. The number of nitrogens with zero attached hydrogens (tertiary/aromatic N) is 2.